The summed E-state index contributed by atoms with van der Waals surface area (Å²) in [5, 5.41) is 2.42. The zero-order chi connectivity index (χ0) is 16.6. The first-order valence-corrected chi connectivity index (χ1v) is 7.04. The summed E-state index contributed by atoms with van der Waals surface area (Å²) >= 11 is 0. The van der Waals surface area contributed by atoms with Gasteiger partial charge < -0.3 is 5.32 Å². The van der Waals surface area contributed by atoms with Crippen LogP contribution < -0.4 is 5.32 Å². The molecule has 1 aliphatic carbocycles. The summed E-state index contributed by atoms with van der Waals surface area (Å²) in [5.41, 5.74) is 1.07. The van der Waals surface area contributed by atoms with Gasteiger partial charge in [0.15, 0.2) is 23.3 Å². The van der Waals surface area contributed by atoms with E-state index in [1.807, 2.05) is 12.1 Å². The van der Waals surface area contributed by atoms with Crippen LogP contribution in [-0.4, -0.2) is 17.4 Å². The number of pyridine rings is 1. The van der Waals surface area contributed by atoms with Gasteiger partial charge in [0.1, 0.15) is 0 Å². The Kier molecular flexibility index (Phi) is 4.02. The zero-order valence-electron chi connectivity index (χ0n) is 11.9. The molecule has 1 aromatic heterocycles. The molecule has 1 heterocycles. The molecule has 1 N–H and O–H groups in total. The lowest BCUT2D eigenvalue weighted by molar-refractivity contribution is 0.0945. The van der Waals surface area contributed by atoms with Crippen molar-refractivity contribution >= 4 is 5.91 Å². The summed E-state index contributed by atoms with van der Waals surface area (Å²) in [7, 11) is 0. The van der Waals surface area contributed by atoms with Crippen molar-refractivity contribution in [1.82, 2.24) is 10.3 Å². The molecule has 1 atom stereocenters. The predicted octanol–water partition coefficient (Wildman–Crippen LogP) is 3.10. The van der Waals surface area contributed by atoms with Crippen LogP contribution in [-0.2, 0) is 6.42 Å². The monoisotopic (exact) mass is 324 g/mol. The first-order valence-electron chi connectivity index (χ1n) is 7.04. The number of hydrogen-bond acceptors (Lipinski definition) is 2. The Hall–Kier alpha value is -2.44. The molecule has 0 saturated carbocycles. The lowest BCUT2D eigenvalue weighted by Crippen LogP contribution is -2.29. The second kappa shape index (κ2) is 5.98. The second-order valence-corrected chi connectivity index (χ2v) is 5.34. The van der Waals surface area contributed by atoms with E-state index in [0.29, 0.717) is 6.07 Å². The van der Waals surface area contributed by atoms with Crippen molar-refractivity contribution < 1.29 is 22.4 Å². The maximum absolute atomic E-state index is 13.6. The lowest BCUT2D eigenvalue weighted by atomic mass is 10.1. The van der Waals surface area contributed by atoms with Gasteiger partial charge in [0.2, 0.25) is 0 Å². The number of fused-ring (bicyclic) bond motifs is 1. The van der Waals surface area contributed by atoms with E-state index in [-0.39, 0.29) is 12.5 Å². The Morgan fingerprint density at radius 3 is 2.78 bits per heavy atom. The van der Waals surface area contributed by atoms with Crippen LogP contribution in [0.4, 0.5) is 17.6 Å². The molecule has 1 unspecified atom stereocenters. The standard InChI is InChI=1S/C16H12F4N2O/c17-11-6-10(12(18)14(20)13(11)19)16(23)22-7-9-4-3-8-2-1-5-21-15(8)9/h1-2,5-6,9H,3-4,7H2,(H,22,23). The van der Waals surface area contributed by atoms with E-state index in [1.54, 1.807) is 6.20 Å². The summed E-state index contributed by atoms with van der Waals surface area (Å²) in [6.45, 7) is 0.156. The molecule has 1 aliphatic rings. The van der Waals surface area contributed by atoms with Crippen molar-refractivity contribution in [3.05, 3.63) is 64.5 Å². The summed E-state index contributed by atoms with van der Waals surface area (Å²) in [4.78, 5) is 16.2. The van der Waals surface area contributed by atoms with Gasteiger partial charge in [0.05, 0.1) is 5.56 Å². The van der Waals surface area contributed by atoms with Crippen LogP contribution >= 0.6 is 0 Å². The normalized spacial score (nSPS) is 16.3. The van der Waals surface area contributed by atoms with Gasteiger partial charge in [-0.05, 0) is 30.5 Å². The van der Waals surface area contributed by atoms with Crippen molar-refractivity contribution in [1.29, 1.82) is 0 Å². The molecule has 0 bridgehead atoms. The fourth-order valence-electron chi connectivity index (χ4n) is 2.74. The molecule has 0 fully saturated rings. The number of benzene rings is 1. The van der Waals surface area contributed by atoms with E-state index < -0.39 is 34.7 Å². The van der Waals surface area contributed by atoms with E-state index in [4.69, 9.17) is 0 Å². The zero-order valence-corrected chi connectivity index (χ0v) is 11.9. The minimum Gasteiger partial charge on any atom is -0.351 e. The number of hydrogen-bond donors (Lipinski definition) is 1. The Morgan fingerprint density at radius 1 is 1.22 bits per heavy atom. The molecular weight excluding hydrogens is 312 g/mol. The van der Waals surface area contributed by atoms with Crippen molar-refractivity contribution in [3.8, 4) is 0 Å². The molecule has 120 valence electrons. The Balaban J connectivity index is 1.74. The summed E-state index contributed by atoms with van der Waals surface area (Å²) in [6, 6.07) is 4.11. The van der Waals surface area contributed by atoms with Gasteiger partial charge in [-0.25, -0.2) is 17.6 Å². The van der Waals surface area contributed by atoms with Gasteiger partial charge >= 0.3 is 0 Å². The largest absolute Gasteiger partial charge is 0.351 e. The number of carbonyl (C=O) groups excluding carboxylic acids is 1. The highest BCUT2D eigenvalue weighted by molar-refractivity contribution is 5.94. The average molecular weight is 324 g/mol. The van der Waals surface area contributed by atoms with Crippen LogP contribution in [0.3, 0.4) is 0 Å². The molecular formula is C16H12F4N2O. The van der Waals surface area contributed by atoms with Crippen LogP contribution in [0, 0.1) is 23.3 Å². The fourth-order valence-corrected chi connectivity index (χ4v) is 2.74. The molecule has 3 nitrogen and oxygen atoms in total. The highest BCUT2D eigenvalue weighted by Gasteiger charge is 2.26. The molecule has 7 heteroatoms. The Morgan fingerprint density at radius 2 is 2.00 bits per heavy atom. The molecule has 1 amide bonds. The van der Waals surface area contributed by atoms with Gasteiger partial charge in [0, 0.05) is 24.4 Å². The van der Waals surface area contributed by atoms with Gasteiger partial charge in [0.25, 0.3) is 5.91 Å². The number of aromatic nitrogens is 1. The average Bonchev–Trinajstić information content (AvgIpc) is 2.97. The third kappa shape index (κ3) is 2.78. The molecule has 0 spiro atoms. The van der Waals surface area contributed by atoms with Gasteiger partial charge in [-0.15, -0.1) is 0 Å². The van der Waals surface area contributed by atoms with Crippen LogP contribution in [0.15, 0.2) is 24.4 Å². The summed E-state index contributed by atoms with van der Waals surface area (Å²) in [6.07, 6.45) is 3.22. The van der Waals surface area contributed by atoms with E-state index in [2.05, 4.69) is 10.3 Å². The number of halogens is 4. The highest BCUT2D eigenvalue weighted by Crippen LogP contribution is 2.30. The molecule has 1 aromatic carbocycles. The number of nitrogens with one attached hydrogen (secondary N) is 1. The van der Waals surface area contributed by atoms with Crippen molar-refractivity contribution in [3.63, 3.8) is 0 Å². The molecule has 2 aromatic rings. The van der Waals surface area contributed by atoms with Crippen LogP contribution in [0.25, 0.3) is 0 Å². The minimum atomic E-state index is -2.00. The van der Waals surface area contributed by atoms with Gasteiger partial charge in [-0.1, -0.05) is 6.07 Å². The van der Waals surface area contributed by atoms with Crippen molar-refractivity contribution in [2.24, 2.45) is 0 Å². The number of carbonyl (C=O) groups is 1. The molecule has 23 heavy (non-hydrogen) atoms. The SMILES string of the molecule is O=C(NCC1CCc2cccnc21)c1cc(F)c(F)c(F)c1F. The van der Waals surface area contributed by atoms with E-state index in [9.17, 15) is 22.4 Å². The second-order valence-electron chi connectivity index (χ2n) is 5.34. The maximum Gasteiger partial charge on any atom is 0.254 e. The van der Waals surface area contributed by atoms with E-state index in [1.165, 1.54) is 0 Å². The topological polar surface area (TPSA) is 42.0 Å². The first-order chi connectivity index (χ1) is 11.0. The quantitative estimate of drug-likeness (QED) is 0.535. The smallest absolute Gasteiger partial charge is 0.254 e. The maximum atomic E-state index is 13.6. The summed E-state index contributed by atoms with van der Waals surface area (Å²) in [5.74, 6) is -8.29. The lowest BCUT2D eigenvalue weighted by Gasteiger charge is -2.12. The number of rotatable bonds is 3. The predicted molar refractivity (Wildman–Crippen MR) is 73.9 cm³/mol. The number of nitrogens with zero attached hydrogens (tertiary/aromatic N) is 1. The van der Waals surface area contributed by atoms with Crippen molar-refractivity contribution in [2.45, 2.75) is 18.8 Å². The highest BCUT2D eigenvalue weighted by atomic mass is 19.2. The van der Waals surface area contributed by atoms with Crippen molar-refractivity contribution in [2.75, 3.05) is 6.54 Å². The van der Waals surface area contributed by atoms with Crippen LogP contribution in [0.1, 0.15) is 34.0 Å². The van der Waals surface area contributed by atoms with Gasteiger partial charge in [-0.2, -0.15) is 0 Å². The molecule has 0 saturated heterocycles. The fraction of sp³-hybridized carbons (Fsp3) is 0.250. The van der Waals surface area contributed by atoms with Crippen LogP contribution in [0.5, 0.6) is 0 Å². The van der Waals surface area contributed by atoms with Gasteiger partial charge in [-0.3, -0.25) is 9.78 Å². The van der Waals surface area contributed by atoms with E-state index >= 15 is 0 Å². The molecule has 3 rings (SSSR count). The van der Waals surface area contributed by atoms with E-state index in [0.717, 1.165) is 24.1 Å². The Labute approximate surface area is 129 Å². The van der Waals surface area contributed by atoms with Crippen LogP contribution in [0.2, 0.25) is 0 Å². The number of amides is 1. The molecule has 0 radical (unpaired) electrons. The molecule has 0 aliphatic heterocycles. The summed E-state index contributed by atoms with van der Waals surface area (Å²) < 4.78 is 52.8. The third-order valence-electron chi connectivity index (χ3n) is 3.93. The minimum absolute atomic E-state index is 0.0478. The first kappa shape index (κ1) is 15.5. The Bertz CT molecular complexity index is 779. The third-order valence-corrected chi connectivity index (χ3v) is 3.93. The number of aryl methyl sites for hydroxylation is 1.